The molecule has 2 N–H and O–H groups in total. The molecule has 0 aliphatic heterocycles. The highest BCUT2D eigenvalue weighted by molar-refractivity contribution is 5.94. The minimum atomic E-state index is -1.13. The van der Waals surface area contributed by atoms with Gasteiger partial charge in [-0.1, -0.05) is 36.4 Å². The molecule has 3 aromatic rings. The first kappa shape index (κ1) is 14.8. The smallest absolute Gasteiger partial charge is 0.417 e. The van der Waals surface area contributed by atoms with Crippen LogP contribution in [0, 0.1) is 0 Å². The van der Waals surface area contributed by atoms with E-state index in [1.165, 1.54) is 4.68 Å². The van der Waals surface area contributed by atoms with Crippen molar-refractivity contribution < 1.29 is 15.0 Å². The van der Waals surface area contributed by atoms with Crippen molar-refractivity contribution in [3.8, 4) is 5.69 Å². The number of carbonyl (C=O) groups is 1. The van der Waals surface area contributed by atoms with Gasteiger partial charge in [0.05, 0.1) is 23.7 Å². The third-order valence-corrected chi connectivity index (χ3v) is 3.34. The van der Waals surface area contributed by atoms with Gasteiger partial charge < -0.3 is 10.2 Å². The Bertz CT molecular complexity index is 800. The van der Waals surface area contributed by atoms with Crippen LogP contribution >= 0.6 is 0 Å². The molecule has 0 radical (unpaired) electrons. The van der Waals surface area contributed by atoms with Gasteiger partial charge in [-0.15, -0.1) is 0 Å². The summed E-state index contributed by atoms with van der Waals surface area (Å²) >= 11 is 0. The second kappa shape index (κ2) is 6.33. The molecule has 0 atom stereocenters. The van der Waals surface area contributed by atoms with Crippen molar-refractivity contribution in [3.05, 3.63) is 72.4 Å². The molecule has 0 spiro atoms. The molecule has 23 heavy (non-hydrogen) atoms. The fourth-order valence-electron chi connectivity index (χ4n) is 2.33. The van der Waals surface area contributed by atoms with Gasteiger partial charge in [-0.2, -0.15) is 5.10 Å². The number of hydrogen-bond donors (Lipinski definition) is 2. The fraction of sp³-hybridized carbons (Fsp3) is 0.0588. The molecule has 2 aromatic carbocycles. The first-order valence-corrected chi connectivity index (χ1v) is 7.04. The van der Waals surface area contributed by atoms with Crippen LogP contribution in [-0.4, -0.2) is 26.1 Å². The minimum Gasteiger partial charge on any atom is -0.464 e. The van der Waals surface area contributed by atoms with E-state index in [1.54, 1.807) is 30.3 Å². The molecule has 1 amide bonds. The maximum atomic E-state index is 11.8. The molecule has 3 rings (SSSR count). The topological polar surface area (TPSA) is 78.6 Å². The third-order valence-electron chi connectivity index (χ3n) is 3.34. The van der Waals surface area contributed by atoms with E-state index in [0.29, 0.717) is 22.9 Å². The summed E-state index contributed by atoms with van der Waals surface area (Å²) in [6.07, 6.45) is -1.13. The van der Waals surface area contributed by atoms with Crippen molar-refractivity contribution in [2.24, 2.45) is 0 Å². The Labute approximate surface area is 132 Å². The van der Waals surface area contributed by atoms with Crippen LogP contribution in [0.4, 0.5) is 16.3 Å². The average Bonchev–Trinajstić information content (AvgIpc) is 3.00. The summed E-state index contributed by atoms with van der Waals surface area (Å²) in [6.45, 7) is -0.269. The van der Waals surface area contributed by atoms with E-state index >= 15 is 0 Å². The molecule has 1 aromatic heterocycles. The summed E-state index contributed by atoms with van der Waals surface area (Å²) in [7, 11) is 0. The van der Waals surface area contributed by atoms with Crippen LogP contribution in [0.15, 0.2) is 66.7 Å². The SMILES string of the molecule is O=C(O)N(c1ccccc1)c1cc(CO)nn1-c1ccccc1. The Balaban J connectivity index is 2.17. The average molecular weight is 309 g/mol. The Morgan fingerprint density at radius 2 is 1.65 bits per heavy atom. The molecular weight excluding hydrogens is 294 g/mol. The van der Waals surface area contributed by atoms with Crippen molar-refractivity contribution in [1.82, 2.24) is 9.78 Å². The van der Waals surface area contributed by atoms with Crippen LogP contribution in [0.5, 0.6) is 0 Å². The summed E-state index contributed by atoms with van der Waals surface area (Å²) in [5, 5.41) is 23.3. The Kier molecular flexibility index (Phi) is 4.07. The van der Waals surface area contributed by atoms with E-state index in [1.807, 2.05) is 36.4 Å². The van der Waals surface area contributed by atoms with Gasteiger partial charge in [0.2, 0.25) is 0 Å². The predicted molar refractivity (Wildman–Crippen MR) is 86.1 cm³/mol. The fourth-order valence-corrected chi connectivity index (χ4v) is 2.33. The molecule has 6 heteroatoms. The number of aromatic nitrogens is 2. The van der Waals surface area contributed by atoms with Crippen molar-refractivity contribution in [3.63, 3.8) is 0 Å². The Morgan fingerprint density at radius 1 is 1.04 bits per heavy atom. The molecule has 0 saturated carbocycles. The van der Waals surface area contributed by atoms with Crippen LogP contribution in [-0.2, 0) is 6.61 Å². The van der Waals surface area contributed by atoms with Crippen molar-refractivity contribution in [1.29, 1.82) is 0 Å². The zero-order chi connectivity index (χ0) is 16.2. The third kappa shape index (κ3) is 2.93. The van der Waals surface area contributed by atoms with Crippen LogP contribution in [0.25, 0.3) is 5.69 Å². The summed E-state index contributed by atoms with van der Waals surface area (Å²) in [4.78, 5) is 12.9. The summed E-state index contributed by atoms with van der Waals surface area (Å²) in [5.41, 5.74) is 1.61. The highest BCUT2D eigenvalue weighted by Gasteiger charge is 2.23. The van der Waals surface area contributed by atoms with E-state index in [0.717, 1.165) is 4.90 Å². The minimum absolute atomic E-state index is 0.269. The monoisotopic (exact) mass is 309 g/mol. The maximum absolute atomic E-state index is 11.8. The van der Waals surface area contributed by atoms with E-state index < -0.39 is 6.09 Å². The van der Waals surface area contributed by atoms with Crippen molar-refractivity contribution in [2.45, 2.75) is 6.61 Å². The molecule has 0 fully saturated rings. The number of benzene rings is 2. The first-order valence-electron chi connectivity index (χ1n) is 7.04. The quantitative estimate of drug-likeness (QED) is 0.776. The lowest BCUT2D eigenvalue weighted by molar-refractivity contribution is 0.204. The lowest BCUT2D eigenvalue weighted by Gasteiger charge is -2.20. The van der Waals surface area contributed by atoms with Gasteiger partial charge in [-0.25, -0.2) is 14.4 Å². The zero-order valence-corrected chi connectivity index (χ0v) is 12.2. The van der Waals surface area contributed by atoms with Crippen LogP contribution in [0.1, 0.15) is 5.69 Å². The lowest BCUT2D eigenvalue weighted by atomic mass is 10.3. The molecule has 0 aliphatic rings. The molecule has 0 bridgehead atoms. The second-order valence-corrected chi connectivity index (χ2v) is 4.85. The number of aliphatic hydroxyl groups excluding tert-OH is 1. The second-order valence-electron chi connectivity index (χ2n) is 4.85. The van der Waals surface area contributed by atoms with Crippen LogP contribution in [0.2, 0.25) is 0 Å². The van der Waals surface area contributed by atoms with E-state index in [9.17, 15) is 15.0 Å². The number of amides is 1. The first-order chi connectivity index (χ1) is 11.2. The van der Waals surface area contributed by atoms with E-state index in [4.69, 9.17) is 0 Å². The molecule has 0 aliphatic carbocycles. The highest BCUT2D eigenvalue weighted by atomic mass is 16.4. The van der Waals surface area contributed by atoms with Crippen molar-refractivity contribution in [2.75, 3.05) is 4.90 Å². The summed E-state index contributed by atoms with van der Waals surface area (Å²) < 4.78 is 1.51. The van der Waals surface area contributed by atoms with Crippen LogP contribution < -0.4 is 4.90 Å². The number of nitrogens with zero attached hydrogens (tertiary/aromatic N) is 3. The van der Waals surface area contributed by atoms with Gasteiger partial charge in [0.1, 0.15) is 5.82 Å². The van der Waals surface area contributed by atoms with Crippen LogP contribution in [0.3, 0.4) is 0 Å². The normalized spacial score (nSPS) is 10.5. The number of rotatable bonds is 4. The highest BCUT2D eigenvalue weighted by Crippen LogP contribution is 2.28. The van der Waals surface area contributed by atoms with Gasteiger partial charge in [-0.3, -0.25) is 0 Å². The summed E-state index contributed by atoms with van der Waals surface area (Å²) in [6, 6.07) is 19.5. The molecule has 116 valence electrons. The maximum Gasteiger partial charge on any atom is 0.417 e. The Hall–Kier alpha value is -3.12. The number of para-hydroxylation sites is 2. The van der Waals surface area contributed by atoms with Gasteiger partial charge in [0, 0.05) is 6.07 Å². The number of carboxylic acid groups (broad SMARTS) is 1. The summed E-state index contributed by atoms with van der Waals surface area (Å²) in [5.74, 6) is 0.346. The Morgan fingerprint density at radius 3 is 2.22 bits per heavy atom. The number of hydrogen-bond acceptors (Lipinski definition) is 3. The number of anilines is 2. The zero-order valence-electron chi connectivity index (χ0n) is 12.2. The molecular formula is C17H15N3O3. The molecule has 0 unspecified atom stereocenters. The number of aliphatic hydroxyl groups is 1. The van der Waals surface area contributed by atoms with Gasteiger partial charge in [0.15, 0.2) is 0 Å². The lowest BCUT2D eigenvalue weighted by Crippen LogP contribution is -2.26. The van der Waals surface area contributed by atoms with Gasteiger partial charge >= 0.3 is 6.09 Å². The molecule has 1 heterocycles. The van der Waals surface area contributed by atoms with Crippen molar-refractivity contribution >= 4 is 17.6 Å². The van der Waals surface area contributed by atoms with E-state index in [-0.39, 0.29) is 6.61 Å². The molecule has 0 saturated heterocycles. The standard InChI is InChI=1S/C17H15N3O3/c21-12-13-11-16(20(18-13)15-9-5-2-6-10-15)19(17(22)23)14-7-3-1-4-8-14/h1-11,21H,12H2,(H,22,23). The molecule has 6 nitrogen and oxygen atoms in total. The largest absolute Gasteiger partial charge is 0.464 e. The van der Waals surface area contributed by atoms with Gasteiger partial charge in [0.25, 0.3) is 0 Å². The van der Waals surface area contributed by atoms with E-state index in [2.05, 4.69) is 5.10 Å². The van der Waals surface area contributed by atoms with Gasteiger partial charge in [-0.05, 0) is 24.3 Å². The predicted octanol–water partition coefficient (Wildman–Crippen LogP) is 3.18.